The van der Waals surface area contributed by atoms with Crippen molar-refractivity contribution in [1.29, 1.82) is 5.26 Å². The quantitative estimate of drug-likeness (QED) is 0.721. The number of nitrogen functional groups attached to an aromatic ring is 1. The maximum atomic E-state index is 9.09. The minimum atomic E-state index is 0.377. The van der Waals surface area contributed by atoms with Crippen LogP contribution in [0.1, 0.15) is 18.2 Å². The third-order valence-corrected chi connectivity index (χ3v) is 4.07. The van der Waals surface area contributed by atoms with Crippen LogP contribution < -0.4 is 10.6 Å². The number of hydrogen-bond donors (Lipinski definition) is 1. The lowest BCUT2D eigenvalue weighted by atomic mass is 10.1. The molecular formula is C18H19N7. The highest BCUT2D eigenvalue weighted by Crippen LogP contribution is 2.31. The first kappa shape index (κ1) is 16.5. The zero-order chi connectivity index (χ0) is 18.0. The van der Waals surface area contributed by atoms with Crippen LogP contribution >= 0.6 is 0 Å². The second-order valence-corrected chi connectivity index (χ2v) is 5.65. The van der Waals surface area contributed by atoms with Crippen LogP contribution in [0.2, 0.25) is 0 Å². The van der Waals surface area contributed by atoms with E-state index in [1.807, 2.05) is 29.5 Å². The fourth-order valence-electron chi connectivity index (χ4n) is 2.80. The highest BCUT2D eigenvalue weighted by atomic mass is 15.2. The number of fused-ring (bicyclic) bond motifs is 1. The number of rotatable bonds is 5. The summed E-state index contributed by atoms with van der Waals surface area (Å²) in [4.78, 5) is 15.0. The van der Waals surface area contributed by atoms with E-state index in [2.05, 4.69) is 27.6 Å². The Balaban J connectivity index is 2.19. The lowest BCUT2D eigenvalue weighted by molar-refractivity contribution is 0.945. The first-order valence-electron chi connectivity index (χ1n) is 7.94. The third kappa shape index (κ3) is 2.90. The molecular weight excluding hydrogens is 314 g/mol. The molecule has 3 heterocycles. The molecule has 3 aromatic rings. The SMILES string of the molecule is C=CCN(c1cc2c(ncn2C)c(N)n1)c1cnc(C#N)cc1CC. The molecule has 0 atom stereocenters. The zero-order valence-electron chi connectivity index (χ0n) is 14.3. The van der Waals surface area contributed by atoms with Crippen molar-refractivity contribution in [3.05, 3.63) is 48.6 Å². The van der Waals surface area contributed by atoms with E-state index in [9.17, 15) is 0 Å². The van der Waals surface area contributed by atoms with E-state index < -0.39 is 0 Å². The van der Waals surface area contributed by atoms with Crippen LogP contribution in [0.4, 0.5) is 17.3 Å². The average Bonchev–Trinajstić information content (AvgIpc) is 3.01. The molecule has 25 heavy (non-hydrogen) atoms. The van der Waals surface area contributed by atoms with Crippen LogP contribution in [-0.4, -0.2) is 26.1 Å². The fourth-order valence-corrected chi connectivity index (χ4v) is 2.80. The number of imidazole rings is 1. The second kappa shape index (κ2) is 6.61. The number of aryl methyl sites for hydroxylation is 2. The molecule has 0 aliphatic heterocycles. The monoisotopic (exact) mass is 333 g/mol. The predicted octanol–water partition coefficient (Wildman–Crippen LogP) is 2.70. The first-order valence-corrected chi connectivity index (χ1v) is 7.94. The Hall–Kier alpha value is -3.40. The second-order valence-electron chi connectivity index (χ2n) is 5.65. The number of nitrogens with zero attached hydrogens (tertiary/aromatic N) is 6. The number of nitriles is 1. The van der Waals surface area contributed by atoms with Crippen molar-refractivity contribution in [2.45, 2.75) is 13.3 Å². The summed E-state index contributed by atoms with van der Waals surface area (Å²) in [7, 11) is 1.91. The molecule has 3 rings (SSSR count). The van der Waals surface area contributed by atoms with Crippen LogP contribution in [0.5, 0.6) is 0 Å². The van der Waals surface area contributed by atoms with Gasteiger partial charge in [-0.05, 0) is 18.1 Å². The maximum Gasteiger partial charge on any atom is 0.154 e. The van der Waals surface area contributed by atoms with E-state index in [-0.39, 0.29) is 0 Å². The van der Waals surface area contributed by atoms with Gasteiger partial charge < -0.3 is 15.2 Å². The van der Waals surface area contributed by atoms with Gasteiger partial charge in [0.2, 0.25) is 0 Å². The van der Waals surface area contributed by atoms with Crippen molar-refractivity contribution in [3.63, 3.8) is 0 Å². The van der Waals surface area contributed by atoms with Gasteiger partial charge >= 0.3 is 0 Å². The van der Waals surface area contributed by atoms with E-state index in [1.165, 1.54) is 0 Å². The fraction of sp³-hybridized carbons (Fsp3) is 0.222. The van der Waals surface area contributed by atoms with Crippen molar-refractivity contribution >= 4 is 28.4 Å². The number of hydrogen-bond acceptors (Lipinski definition) is 6. The van der Waals surface area contributed by atoms with Crippen LogP contribution in [0, 0.1) is 11.3 Å². The highest BCUT2D eigenvalue weighted by Gasteiger charge is 2.17. The van der Waals surface area contributed by atoms with Gasteiger partial charge in [0.15, 0.2) is 5.82 Å². The summed E-state index contributed by atoms with van der Waals surface area (Å²) in [5.41, 5.74) is 9.97. The van der Waals surface area contributed by atoms with E-state index in [1.54, 1.807) is 24.7 Å². The molecule has 0 bridgehead atoms. The Labute approximate surface area is 146 Å². The summed E-state index contributed by atoms with van der Waals surface area (Å²) in [6.45, 7) is 6.42. The van der Waals surface area contributed by atoms with Gasteiger partial charge in [0, 0.05) is 19.7 Å². The Morgan fingerprint density at radius 2 is 2.20 bits per heavy atom. The number of aromatic nitrogens is 4. The summed E-state index contributed by atoms with van der Waals surface area (Å²) in [6.07, 6.45) is 5.98. The molecule has 0 aliphatic rings. The van der Waals surface area contributed by atoms with Crippen LogP contribution in [-0.2, 0) is 13.5 Å². The van der Waals surface area contributed by atoms with Gasteiger partial charge in [0.05, 0.1) is 23.7 Å². The van der Waals surface area contributed by atoms with E-state index >= 15 is 0 Å². The van der Waals surface area contributed by atoms with Gasteiger partial charge in [0.1, 0.15) is 23.1 Å². The summed E-state index contributed by atoms with van der Waals surface area (Å²) in [5, 5.41) is 9.09. The highest BCUT2D eigenvalue weighted by molar-refractivity contribution is 5.88. The molecule has 126 valence electrons. The Morgan fingerprint density at radius 3 is 2.88 bits per heavy atom. The van der Waals surface area contributed by atoms with Crippen molar-refractivity contribution in [3.8, 4) is 6.07 Å². The van der Waals surface area contributed by atoms with Gasteiger partial charge in [-0.15, -0.1) is 6.58 Å². The Bertz CT molecular complexity index is 981. The first-order chi connectivity index (χ1) is 12.1. The standard InChI is InChI=1S/C18H19N7/c1-4-6-25(15-10-21-13(9-19)7-12(15)5-2)16-8-14-17(18(20)23-16)22-11-24(14)3/h4,7-8,10-11H,1,5-6H2,2-3H3,(H2,20,23). The molecule has 2 N–H and O–H groups in total. The van der Waals surface area contributed by atoms with E-state index in [4.69, 9.17) is 11.0 Å². The molecule has 7 nitrogen and oxygen atoms in total. The summed E-state index contributed by atoms with van der Waals surface area (Å²) >= 11 is 0. The van der Waals surface area contributed by atoms with Crippen LogP contribution in [0.15, 0.2) is 37.3 Å². The Kier molecular flexibility index (Phi) is 4.35. The van der Waals surface area contributed by atoms with Crippen LogP contribution in [0.25, 0.3) is 11.0 Å². The Morgan fingerprint density at radius 1 is 1.40 bits per heavy atom. The minimum absolute atomic E-state index is 0.377. The molecule has 0 amide bonds. The summed E-state index contributed by atoms with van der Waals surface area (Å²) in [6, 6.07) is 5.83. The van der Waals surface area contributed by atoms with Gasteiger partial charge in [-0.3, -0.25) is 0 Å². The number of pyridine rings is 2. The van der Waals surface area contributed by atoms with Gasteiger partial charge in [-0.2, -0.15) is 5.26 Å². The molecule has 0 fully saturated rings. The third-order valence-electron chi connectivity index (χ3n) is 4.07. The molecule has 0 saturated heterocycles. The van der Waals surface area contributed by atoms with Gasteiger partial charge in [0.25, 0.3) is 0 Å². The van der Waals surface area contributed by atoms with Gasteiger partial charge in [-0.1, -0.05) is 13.0 Å². The molecule has 0 aromatic carbocycles. The number of anilines is 3. The largest absolute Gasteiger partial charge is 0.382 e. The molecule has 0 radical (unpaired) electrons. The normalized spacial score (nSPS) is 10.6. The molecule has 0 aliphatic carbocycles. The van der Waals surface area contributed by atoms with E-state index in [0.29, 0.717) is 29.4 Å². The summed E-state index contributed by atoms with van der Waals surface area (Å²) in [5.74, 6) is 1.07. The molecule has 0 spiro atoms. The molecule has 3 aromatic heterocycles. The summed E-state index contributed by atoms with van der Waals surface area (Å²) < 4.78 is 1.90. The number of nitrogens with two attached hydrogens (primary N) is 1. The van der Waals surface area contributed by atoms with Gasteiger partial charge in [-0.25, -0.2) is 15.0 Å². The van der Waals surface area contributed by atoms with Crippen molar-refractivity contribution in [1.82, 2.24) is 19.5 Å². The topological polar surface area (TPSA) is 96.7 Å². The predicted molar refractivity (Wildman–Crippen MR) is 98.5 cm³/mol. The smallest absolute Gasteiger partial charge is 0.154 e. The van der Waals surface area contributed by atoms with Crippen LogP contribution in [0.3, 0.4) is 0 Å². The average molecular weight is 333 g/mol. The molecule has 0 unspecified atom stereocenters. The van der Waals surface area contributed by atoms with Crippen molar-refractivity contribution in [2.75, 3.05) is 17.2 Å². The minimum Gasteiger partial charge on any atom is -0.382 e. The lowest BCUT2D eigenvalue weighted by Gasteiger charge is -2.25. The van der Waals surface area contributed by atoms with Crippen molar-refractivity contribution < 1.29 is 0 Å². The molecule has 7 heteroatoms. The molecule has 0 saturated carbocycles. The van der Waals surface area contributed by atoms with E-state index in [0.717, 1.165) is 23.2 Å². The zero-order valence-corrected chi connectivity index (χ0v) is 14.3. The van der Waals surface area contributed by atoms with Crippen molar-refractivity contribution in [2.24, 2.45) is 7.05 Å². The maximum absolute atomic E-state index is 9.09. The lowest BCUT2D eigenvalue weighted by Crippen LogP contribution is -2.20.